The Hall–Kier alpha value is -3.17. The fourth-order valence-corrected chi connectivity index (χ4v) is 4.11. The molecule has 3 atom stereocenters. The molecule has 9 nitrogen and oxygen atoms in total. The van der Waals surface area contributed by atoms with Gasteiger partial charge in [0.25, 0.3) is 0 Å². The van der Waals surface area contributed by atoms with E-state index in [-0.39, 0.29) is 19.0 Å². The topological polar surface area (TPSA) is 102 Å². The number of hydrogen-bond acceptors (Lipinski definition) is 9. The molecule has 0 amide bonds. The van der Waals surface area contributed by atoms with Gasteiger partial charge in [-0.05, 0) is 29.8 Å². The largest absolute Gasteiger partial charge is 0.493 e. The van der Waals surface area contributed by atoms with Crippen LogP contribution in [0.2, 0.25) is 0 Å². The molecule has 1 aliphatic heterocycles. The van der Waals surface area contributed by atoms with Crippen LogP contribution in [0.1, 0.15) is 22.0 Å². The lowest BCUT2D eigenvalue weighted by atomic mass is 9.82. The number of ether oxygens (including phenoxy) is 7. The van der Waals surface area contributed by atoms with Gasteiger partial charge in [0.1, 0.15) is 0 Å². The molecule has 9 heteroatoms. The van der Waals surface area contributed by atoms with Gasteiger partial charge in [0, 0.05) is 11.5 Å². The van der Waals surface area contributed by atoms with Gasteiger partial charge in [-0.2, -0.15) is 0 Å². The van der Waals surface area contributed by atoms with Gasteiger partial charge in [-0.1, -0.05) is 0 Å². The molecule has 1 aliphatic rings. The van der Waals surface area contributed by atoms with E-state index in [0.717, 1.165) is 0 Å². The maximum absolute atomic E-state index is 13.5. The lowest BCUT2D eigenvalue weighted by molar-refractivity contribution is 0.0673. The molecule has 0 unspecified atom stereocenters. The highest BCUT2D eigenvalue weighted by molar-refractivity contribution is 5.99. The van der Waals surface area contributed by atoms with E-state index < -0.39 is 17.9 Å². The summed E-state index contributed by atoms with van der Waals surface area (Å²) >= 11 is 0. The van der Waals surface area contributed by atoms with Crippen LogP contribution in [-0.4, -0.2) is 66.8 Å². The molecule has 3 rings (SSSR count). The van der Waals surface area contributed by atoms with Crippen molar-refractivity contribution in [2.75, 3.05) is 55.9 Å². The normalized spacial score (nSPS) is 18.4. The Balaban J connectivity index is 1.95. The summed E-state index contributed by atoms with van der Waals surface area (Å²) in [5, 5.41) is 11.2. The van der Waals surface area contributed by atoms with Crippen LogP contribution < -0.4 is 28.4 Å². The first-order chi connectivity index (χ1) is 15.9. The Kier molecular flexibility index (Phi) is 7.88. The lowest BCUT2D eigenvalue weighted by Crippen LogP contribution is -2.27. The van der Waals surface area contributed by atoms with Crippen LogP contribution in [0.4, 0.5) is 0 Å². The second-order valence-electron chi connectivity index (χ2n) is 7.49. The van der Waals surface area contributed by atoms with E-state index in [1.807, 2.05) is 0 Å². The van der Waals surface area contributed by atoms with E-state index in [2.05, 4.69) is 0 Å². The number of Topliss-reactive ketones (excluding diaryl/α,β-unsaturated/α-hetero) is 1. The Morgan fingerprint density at radius 1 is 0.788 bits per heavy atom. The average Bonchev–Trinajstić information content (AvgIpc) is 3.35. The van der Waals surface area contributed by atoms with Gasteiger partial charge in [0.2, 0.25) is 11.5 Å². The van der Waals surface area contributed by atoms with Crippen LogP contribution in [0.3, 0.4) is 0 Å². The second-order valence-corrected chi connectivity index (χ2v) is 7.49. The molecule has 0 aliphatic carbocycles. The molecule has 0 radical (unpaired) electrons. The molecule has 0 bridgehead atoms. The Morgan fingerprint density at radius 3 is 1.67 bits per heavy atom. The molecule has 1 fully saturated rings. The van der Waals surface area contributed by atoms with Gasteiger partial charge in [-0.3, -0.25) is 4.79 Å². The first-order valence-electron chi connectivity index (χ1n) is 10.3. The van der Waals surface area contributed by atoms with E-state index in [0.29, 0.717) is 45.6 Å². The van der Waals surface area contributed by atoms with Crippen molar-refractivity contribution >= 4 is 5.78 Å². The van der Waals surface area contributed by atoms with Gasteiger partial charge in [-0.25, -0.2) is 0 Å². The second kappa shape index (κ2) is 10.6. The van der Waals surface area contributed by atoms with Crippen LogP contribution in [0.15, 0.2) is 24.3 Å². The van der Waals surface area contributed by atoms with Gasteiger partial charge >= 0.3 is 0 Å². The van der Waals surface area contributed by atoms with Crippen molar-refractivity contribution in [1.82, 2.24) is 0 Å². The number of carbonyl (C=O) groups is 1. The SMILES string of the molecule is COc1cc(C(=O)[C@@H]2COC[C@H]2[C@H](O)c2cc(OC)c(OC)c(OC)c2)cc(OC)c1OC. The number of hydrogen-bond donors (Lipinski definition) is 1. The van der Waals surface area contributed by atoms with Gasteiger partial charge < -0.3 is 38.3 Å². The van der Waals surface area contributed by atoms with Crippen LogP contribution in [0.25, 0.3) is 0 Å². The predicted octanol–water partition coefficient (Wildman–Crippen LogP) is 2.92. The highest BCUT2D eigenvalue weighted by atomic mass is 16.5. The summed E-state index contributed by atoms with van der Waals surface area (Å²) in [5.74, 6) is 1.14. The summed E-state index contributed by atoms with van der Waals surface area (Å²) in [5.41, 5.74) is 0.907. The van der Waals surface area contributed by atoms with E-state index in [9.17, 15) is 9.90 Å². The minimum Gasteiger partial charge on any atom is -0.493 e. The number of aliphatic hydroxyl groups is 1. The maximum Gasteiger partial charge on any atom is 0.203 e. The standard InChI is InChI=1S/C24H30O9/c1-27-17-7-13(8-18(28-2)23(17)31-5)21(25)15-11-33-12-16(15)22(26)14-9-19(29-3)24(32-6)20(10-14)30-4/h7-10,15-16,21,25H,11-12H2,1-6H3/t15-,16-,21-/m1/s1. The Labute approximate surface area is 193 Å². The molecule has 2 aromatic carbocycles. The van der Waals surface area contributed by atoms with Crippen LogP contribution >= 0.6 is 0 Å². The fraction of sp³-hybridized carbons (Fsp3) is 0.458. The van der Waals surface area contributed by atoms with Crippen molar-refractivity contribution in [1.29, 1.82) is 0 Å². The fourth-order valence-electron chi connectivity index (χ4n) is 4.11. The third-order valence-corrected chi connectivity index (χ3v) is 5.84. The summed E-state index contributed by atoms with van der Waals surface area (Å²) in [6, 6.07) is 6.55. The van der Waals surface area contributed by atoms with Crippen molar-refractivity contribution < 1.29 is 43.1 Å². The summed E-state index contributed by atoms with van der Waals surface area (Å²) in [6.45, 7) is 0.403. The third-order valence-electron chi connectivity index (χ3n) is 5.84. The maximum atomic E-state index is 13.5. The predicted molar refractivity (Wildman–Crippen MR) is 119 cm³/mol. The molecule has 1 heterocycles. The number of benzene rings is 2. The molecule has 0 aromatic heterocycles. The van der Waals surface area contributed by atoms with E-state index in [4.69, 9.17) is 33.2 Å². The molecule has 0 spiro atoms. The third kappa shape index (κ3) is 4.65. The smallest absolute Gasteiger partial charge is 0.203 e. The lowest BCUT2D eigenvalue weighted by Gasteiger charge is -2.24. The number of ketones is 1. The first kappa shape index (κ1) is 24.5. The zero-order chi connectivity index (χ0) is 24.1. The summed E-state index contributed by atoms with van der Waals surface area (Å²) in [4.78, 5) is 13.5. The monoisotopic (exact) mass is 462 g/mol. The van der Waals surface area contributed by atoms with Crippen molar-refractivity contribution in [2.45, 2.75) is 6.10 Å². The summed E-state index contributed by atoms with van der Waals surface area (Å²) < 4.78 is 37.8. The van der Waals surface area contributed by atoms with E-state index >= 15 is 0 Å². The number of rotatable bonds is 10. The Bertz CT molecular complexity index is 938. The minimum atomic E-state index is -1.00. The molecule has 1 saturated heterocycles. The zero-order valence-electron chi connectivity index (χ0n) is 19.7. The van der Waals surface area contributed by atoms with Crippen molar-refractivity contribution in [3.8, 4) is 34.5 Å². The number of carbonyl (C=O) groups excluding carboxylic acids is 1. The summed E-state index contributed by atoms with van der Waals surface area (Å²) in [6.07, 6.45) is -1.00. The average molecular weight is 462 g/mol. The molecule has 2 aromatic rings. The van der Waals surface area contributed by atoms with E-state index in [1.54, 1.807) is 24.3 Å². The quantitative estimate of drug-likeness (QED) is 0.534. The highest BCUT2D eigenvalue weighted by Gasteiger charge is 2.40. The Morgan fingerprint density at radius 2 is 1.24 bits per heavy atom. The molecule has 33 heavy (non-hydrogen) atoms. The van der Waals surface area contributed by atoms with Gasteiger partial charge in [0.05, 0.1) is 67.9 Å². The highest BCUT2D eigenvalue weighted by Crippen LogP contribution is 2.44. The van der Waals surface area contributed by atoms with Crippen LogP contribution in [0, 0.1) is 11.8 Å². The van der Waals surface area contributed by atoms with Crippen molar-refractivity contribution in [2.24, 2.45) is 11.8 Å². The minimum absolute atomic E-state index is 0.182. The number of methoxy groups -OCH3 is 6. The molecule has 0 saturated carbocycles. The molecular weight excluding hydrogens is 432 g/mol. The molecule has 180 valence electrons. The van der Waals surface area contributed by atoms with Gasteiger partial charge in [-0.15, -0.1) is 0 Å². The van der Waals surface area contributed by atoms with Gasteiger partial charge in [0.15, 0.2) is 28.8 Å². The van der Waals surface area contributed by atoms with Crippen LogP contribution in [0.5, 0.6) is 34.5 Å². The van der Waals surface area contributed by atoms with Crippen molar-refractivity contribution in [3.63, 3.8) is 0 Å². The number of aliphatic hydroxyl groups excluding tert-OH is 1. The van der Waals surface area contributed by atoms with Crippen LogP contribution in [-0.2, 0) is 4.74 Å². The zero-order valence-corrected chi connectivity index (χ0v) is 19.7. The van der Waals surface area contributed by atoms with Crippen molar-refractivity contribution in [3.05, 3.63) is 35.4 Å². The molecule has 1 N–H and O–H groups in total. The first-order valence-corrected chi connectivity index (χ1v) is 10.3. The molecular formula is C24H30O9. The van der Waals surface area contributed by atoms with E-state index in [1.165, 1.54) is 42.7 Å². The summed E-state index contributed by atoms with van der Waals surface area (Å²) in [7, 11) is 8.98.